The molecular formula is C19H20N6O. The Balaban J connectivity index is 1.56. The minimum Gasteiger partial charge on any atom is -0.373 e. The lowest BCUT2D eigenvalue weighted by Crippen LogP contribution is -2.30. The molecule has 1 aliphatic heterocycles. The predicted molar refractivity (Wildman–Crippen MR) is 98.2 cm³/mol. The molecule has 1 aliphatic rings. The lowest BCUT2D eigenvalue weighted by Gasteiger charge is -2.25. The Kier molecular flexibility index (Phi) is 4.35. The van der Waals surface area contributed by atoms with E-state index in [1.54, 1.807) is 24.9 Å². The summed E-state index contributed by atoms with van der Waals surface area (Å²) >= 11 is 0. The molecule has 4 rings (SSSR count). The summed E-state index contributed by atoms with van der Waals surface area (Å²) in [6, 6.07) is 7.73. The number of imidazole rings is 1. The Hall–Kier alpha value is -3.22. The van der Waals surface area contributed by atoms with Crippen LogP contribution in [0.1, 0.15) is 34.8 Å². The number of nitrogens with one attached hydrogen (secondary N) is 1. The highest BCUT2D eigenvalue weighted by atomic mass is 16.2. The van der Waals surface area contributed by atoms with Crippen molar-refractivity contribution in [3.8, 4) is 5.82 Å². The molecule has 132 valence electrons. The largest absolute Gasteiger partial charge is 0.373 e. The van der Waals surface area contributed by atoms with E-state index in [1.165, 1.54) is 0 Å². The van der Waals surface area contributed by atoms with Crippen molar-refractivity contribution < 1.29 is 4.79 Å². The number of nitrogens with zero attached hydrogens (tertiary/aromatic N) is 5. The molecule has 1 saturated heterocycles. The predicted octanol–water partition coefficient (Wildman–Crippen LogP) is 2.68. The molecule has 26 heavy (non-hydrogen) atoms. The zero-order valence-corrected chi connectivity index (χ0v) is 14.5. The SMILES string of the molecule is CNc1cc([C@@H]2CCCN2C(=O)c2ccc(-n3ccnc3)nc2)ccn1. The summed E-state index contributed by atoms with van der Waals surface area (Å²) in [5.41, 5.74) is 1.71. The summed E-state index contributed by atoms with van der Waals surface area (Å²) < 4.78 is 1.81. The molecule has 0 unspecified atom stereocenters. The lowest BCUT2D eigenvalue weighted by molar-refractivity contribution is 0.0735. The number of aromatic nitrogens is 4. The quantitative estimate of drug-likeness (QED) is 0.784. The molecule has 1 atom stereocenters. The molecular weight excluding hydrogens is 328 g/mol. The van der Waals surface area contributed by atoms with Crippen LogP contribution in [0.3, 0.4) is 0 Å². The highest BCUT2D eigenvalue weighted by molar-refractivity contribution is 5.94. The molecule has 4 heterocycles. The second kappa shape index (κ2) is 6.95. The van der Waals surface area contributed by atoms with Gasteiger partial charge in [-0.05, 0) is 42.7 Å². The van der Waals surface area contributed by atoms with Gasteiger partial charge in [-0.15, -0.1) is 0 Å². The highest BCUT2D eigenvalue weighted by Crippen LogP contribution is 2.33. The maximum Gasteiger partial charge on any atom is 0.255 e. The summed E-state index contributed by atoms with van der Waals surface area (Å²) in [6.07, 6.45) is 10.6. The van der Waals surface area contributed by atoms with Crippen LogP contribution in [0.25, 0.3) is 5.82 Å². The molecule has 3 aromatic rings. The molecule has 1 N–H and O–H groups in total. The number of rotatable bonds is 4. The van der Waals surface area contributed by atoms with Gasteiger partial charge in [0.15, 0.2) is 0 Å². The maximum atomic E-state index is 13.0. The van der Waals surface area contributed by atoms with Crippen LogP contribution in [-0.4, -0.2) is 43.9 Å². The Morgan fingerprint density at radius 2 is 2.15 bits per heavy atom. The lowest BCUT2D eigenvalue weighted by atomic mass is 10.1. The monoisotopic (exact) mass is 348 g/mol. The first-order chi connectivity index (χ1) is 12.8. The van der Waals surface area contributed by atoms with E-state index in [9.17, 15) is 4.79 Å². The second-order valence-electron chi connectivity index (χ2n) is 6.26. The number of anilines is 1. The summed E-state index contributed by atoms with van der Waals surface area (Å²) in [5.74, 6) is 1.57. The number of hydrogen-bond acceptors (Lipinski definition) is 5. The van der Waals surface area contributed by atoms with Crippen LogP contribution in [0, 0.1) is 0 Å². The first-order valence-corrected chi connectivity index (χ1v) is 8.65. The minimum atomic E-state index is 0.0139. The number of carbonyl (C=O) groups is 1. The Bertz CT molecular complexity index is 891. The van der Waals surface area contributed by atoms with E-state index < -0.39 is 0 Å². The summed E-state index contributed by atoms with van der Waals surface area (Å²) in [6.45, 7) is 0.754. The number of amides is 1. The second-order valence-corrected chi connectivity index (χ2v) is 6.26. The van der Waals surface area contributed by atoms with Crippen molar-refractivity contribution in [2.75, 3.05) is 18.9 Å². The van der Waals surface area contributed by atoms with Crippen LogP contribution in [0.5, 0.6) is 0 Å². The average Bonchev–Trinajstić information content (AvgIpc) is 3.39. The molecule has 3 aromatic heterocycles. The molecule has 0 aliphatic carbocycles. The summed E-state index contributed by atoms with van der Waals surface area (Å²) in [4.78, 5) is 27.6. The van der Waals surface area contributed by atoms with E-state index in [4.69, 9.17) is 0 Å². The normalized spacial score (nSPS) is 16.7. The molecule has 1 amide bonds. The van der Waals surface area contributed by atoms with E-state index >= 15 is 0 Å². The van der Waals surface area contributed by atoms with Crippen molar-refractivity contribution in [2.24, 2.45) is 0 Å². The fourth-order valence-electron chi connectivity index (χ4n) is 3.37. The first-order valence-electron chi connectivity index (χ1n) is 8.65. The van der Waals surface area contributed by atoms with Crippen LogP contribution in [0.15, 0.2) is 55.4 Å². The van der Waals surface area contributed by atoms with Gasteiger partial charge in [-0.2, -0.15) is 0 Å². The van der Waals surface area contributed by atoms with E-state index in [0.717, 1.165) is 36.6 Å². The zero-order chi connectivity index (χ0) is 17.9. The smallest absolute Gasteiger partial charge is 0.255 e. The van der Waals surface area contributed by atoms with Crippen LogP contribution in [0.2, 0.25) is 0 Å². The van der Waals surface area contributed by atoms with Gasteiger partial charge in [-0.1, -0.05) is 0 Å². The van der Waals surface area contributed by atoms with Gasteiger partial charge in [0.25, 0.3) is 5.91 Å². The topological polar surface area (TPSA) is 75.9 Å². The Labute approximate surface area is 151 Å². The number of hydrogen-bond donors (Lipinski definition) is 1. The van der Waals surface area contributed by atoms with Gasteiger partial charge in [0.05, 0.1) is 11.6 Å². The fourth-order valence-corrected chi connectivity index (χ4v) is 3.37. The van der Waals surface area contributed by atoms with E-state index in [2.05, 4.69) is 20.3 Å². The third-order valence-corrected chi connectivity index (χ3v) is 4.70. The van der Waals surface area contributed by atoms with E-state index in [0.29, 0.717) is 5.56 Å². The molecule has 0 spiro atoms. The van der Waals surface area contributed by atoms with Crippen molar-refractivity contribution in [3.63, 3.8) is 0 Å². The molecule has 0 radical (unpaired) electrons. The van der Waals surface area contributed by atoms with Crippen molar-refractivity contribution >= 4 is 11.7 Å². The van der Waals surface area contributed by atoms with E-state index in [1.807, 2.05) is 47.0 Å². The van der Waals surface area contributed by atoms with Gasteiger partial charge in [0, 0.05) is 38.4 Å². The third-order valence-electron chi connectivity index (χ3n) is 4.70. The summed E-state index contributed by atoms with van der Waals surface area (Å²) in [7, 11) is 1.84. The number of likely N-dealkylation sites (tertiary alicyclic amines) is 1. The van der Waals surface area contributed by atoms with Crippen molar-refractivity contribution in [2.45, 2.75) is 18.9 Å². The van der Waals surface area contributed by atoms with Gasteiger partial charge in [-0.3, -0.25) is 9.36 Å². The molecule has 0 bridgehead atoms. The molecule has 1 fully saturated rings. The number of pyridine rings is 2. The standard InChI is InChI=1S/C19H20N6O/c1-20-17-11-14(6-7-22-17)16-3-2-9-25(16)19(26)15-4-5-18(23-12-15)24-10-8-21-13-24/h4-8,10-13,16H,2-3,9H2,1H3,(H,20,22)/t16-/m0/s1. The summed E-state index contributed by atoms with van der Waals surface area (Å²) in [5, 5.41) is 3.05. The number of carbonyl (C=O) groups excluding carboxylic acids is 1. The van der Waals surface area contributed by atoms with Gasteiger partial charge in [0.2, 0.25) is 0 Å². The van der Waals surface area contributed by atoms with Crippen LogP contribution in [0.4, 0.5) is 5.82 Å². The zero-order valence-electron chi connectivity index (χ0n) is 14.5. The Morgan fingerprint density at radius 1 is 1.23 bits per heavy atom. The average molecular weight is 348 g/mol. The van der Waals surface area contributed by atoms with Crippen molar-refractivity contribution in [1.29, 1.82) is 0 Å². The van der Waals surface area contributed by atoms with Gasteiger partial charge in [-0.25, -0.2) is 15.0 Å². The first kappa shape index (κ1) is 16.3. The van der Waals surface area contributed by atoms with Crippen molar-refractivity contribution in [1.82, 2.24) is 24.4 Å². The fraction of sp³-hybridized carbons (Fsp3) is 0.263. The molecule has 0 aromatic carbocycles. The molecule has 0 saturated carbocycles. The highest BCUT2D eigenvalue weighted by Gasteiger charge is 2.31. The minimum absolute atomic E-state index is 0.0139. The van der Waals surface area contributed by atoms with Crippen molar-refractivity contribution in [3.05, 3.63) is 66.5 Å². The van der Waals surface area contributed by atoms with Gasteiger partial charge < -0.3 is 10.2 Å². The van der Waals surface area contributed by atoms with Crippen LogP contribution in [-0.2, 0) is 0 Å². The van der Waals surface area contributed by atoms with Gasteiger partial charge in [0.1, 0.15) is 18.0 Å². The molecule has 7 nitrogen and oxygen atoms in total. The maximum absolute atomic E-state index is 13.0. The van der Waals surface area contributed by atoms with Gasteiger partial charge >= 0.3 is 0 Å². The van der Waals surface area contributed by atoms with Crippen LogP contribution >= 0.6 is 0 Å². The third kappa shape index (κ3) is 3.03. The van der Waals surface area contributed by atoms with Crippen LogP contribution < -0.4 is 5.32 Å². The molecule has 7 heteroatoms. The van der Waals surface area contributed by atoms with E-state index in [-0.39, 0.29) is 11.9 Å². The Morgan fingerprint density at radius 3 is 2.88 bits per heavy atom.